The number of piperidine rings is 1. The largest absolute Gasteiger partial charge is 0.356 e. The van der Waals surface area contributed by atoms with Gasteiger partial charge in [-0.3, -0.25) is 4.99 Å². The van der Waals surface area contributed by atoms with Gasteiger partial charge in [-0.25, -0.2) is 0 Å². The summed E-state index contributed by atoms with van der Waals surface area (Å²) in [6.45, 7) is 8.38. The number of likely N-dealkylation sites (tertiary alicyclic amines) is 1. The Morgan fingerprint density at radius 3 is 2.43 bits per heavy atom. The summed E-state index contributed by atoms with van der Waals surface area (Å²) in [5.74, 6) is 2.81. The summed E-state index contributed by atoms with van der Waals surface area (Å²) in [4.78, 5) is 6.89. The SMILES string of the molecule is CN=C(NCCCCN1CCC(C)CC1)NCC1CC1.I. The van der Waals surface area contributed by atoms with E-state index < -0.39 is 0 Å². The summed E-state index contributed by atoms with van der Waals surface area (Å²) in [6, 6.07) is 0. The maximum atomic E-state index is 4.27. The minimum atomic E-state index is 0. The molecule has 21 heavy (non-hydrogen) atoms. The molecular formula is C16H33IN4. The third kappa shape index (κ3) is 8.24. The molecular weight excluding hydrogens is 375 g/mol. The number of halogens is 1. The third-order valence-electron chi connectivity index (χ3n) is 4.55. The lowest BCUT2D eigenvalue weighted by atomic mass is 9.99. The van der Waals surface area contributed by atoms with E-state index >= 15 is 0 Å². The lowest BCUT2D eigenvalue weighted by molar-refractivity contribution is 0.189. The maximum absolute atomic E-state index is 4.27. The van der Waals surface area contributed by atoms with E-state index in [0.717, 1.165) is 30.9 Å². The quantitative estimate of drug-likeness (QED) is 0.295. The summed E-state index contributed by atoms with van der Waals surface area (Å²) in [6.07, 6.45) is 8.07. The molecule has 1 heterocycles. The van der Waals surface area contributed by atoms with E-state index in [1.54, 1.807) is 0 Å². The molecule has 5 heteroatoms. The Balaban J connectivity index is 0.00000220. The van der Waals surface area contributed by atoms with Gasteiger partial charge in [-0.2, -0.15) is 0 Å². The normalized spacial score (nSPS) is 21.0. The molecule has 0 aromatic rings. The number of aliphatic imine (C=N–C) groups is 1. The molecule has 2 rings (SSSR count). The average Bonchev–Trinajstić information content (AvgIpc) is 3.28. The number of nitrogens with one attached hydrogen (secondary N) is 2. The topological polar surface area (TPSA) is 39.7 Å². The fourth-order valence-electron chi connectivity index (χ4n) is 2.74. The van der Waals surface area contributed by atoms with Gasteiger partial charge in [0.1, 0.15) is 0 Å². The van der Waals surface area contributed by atoms with Gasteiger partial charge in [0.05, 0.1) is 0 Å². The molecule has 2 aliphatic rings. The fourth-order valence-corrected chi connectivity index (χ4v) is 2.74. The first-order chi connectivity index (χ1) is 9.78. The van der Waals surface area contributed by atoms with Gasteiger partial charge in [-0.15, -0.1) is 24.0 Å². The number of rotatable bonds is 7. The van der Waals surface area contributed by atoms with Crippen LogP contribution < -0.4 is 10.6 Å². The minimum absolute atomic E-state index is 0. The average molecular weight is 408 g/mol. The van der Waals surface area contributed by atoms with E-state index in [9.17, 15) is 0 Å². The first-order valence-corrected chi connectivity index (χ1v) is 8.45. The Hall–Kier alpha value is -0.0400. The molecule has 2 N–H and O–H groups in total. The zero-order valence-electron chi connectivity index (χ0n) is 13.7. The Morgan fingerprint density at radius 1 is 1.10 bits per heavy atom. The summed E-state index contributed by atoms with van der Waals surface area (Å²) in [5, 5.41) is 6.82. The number of nitrogens with zero attached hydrogens (tertiary/aromatic N) is 2. The van der Waals surface area contributed by atoms with Crippen molar-refractivity contribution in [2.75, 3.05) is 39.8 Å². The van der Waals surface area contributed by atoms with Crippen LogP contribution in [0.3, 0.4) is 0 Å². The fraction of sp³-hybridized carbons (Fsp3) is 0.938. The van der Waals surface area contributed by atoms with Crippen molar-refractivity contribution in [1.82, 2.24) is 15.5 Å². The van der Waals surface area contributed by atoms with Gasteiger partial charge < -0.3 is 15.5 Å². The van der Waals surface area contributed by atoms with Crippen LogP contribution in [0.25, 0.3) is 0 Å². The van der Waals surface area contributed by atoms with Crippen molar-refractivity contribution in [2.45, 2.75) is 45.4 Å². The van der Waals surface area contributed by atoms with Crippen LogP contribution in [0.4, 0.5) is 0 Å². The van der Waals surface area contributed by atoms with Crippen molar-refractivity contribution in [1.29, 1.82) is 0 Å². The third-order valence-corrected chi connectivity index (χ3v) is 4.55. The second kappa shape index (κ2) is 10.6. The van der Waals surface area contributed by atoms with Gasteiger partial charge in [0.25, 0.3) is 0 Å². The molecule has 0 bridgehead atoms. The number of hydrogen-bond acceptors (Lipinski definition) is 2. The minimum Gasteiger partial charge on any atom is -0.356 e. The Labute approximate surface area is 147 Å². The van der Waals surface area contributed by atoms with Crippen LogP contribution in [0.1, 0.15) is 45.4 Å². The number of guanidine groups is 1. The zero-order valence-corrected chi connectivity index (χ0v) is 16.1. The molecule has 0 aromatic heterocycles. The second-order valence-corrected chi connectivity index (χ2v) is 6.55. The Kier molecular flexibility index (Phi) is 9.64. The smallest absolute Gasteiger partial charge is 0.190 e. The lowest BCUT2D eigenvalue weighted by Gasteiger charge is -2.30. The van der Waals surface area contributed by atoms with Crippen molar-refractivity contribution in [2.24, 2.45) is 16.8 Å². The molecule has 2 fully saturated rings. The van der Waals surface area contributed by atoms with Crippen LogP contribution in [0, 0.1) is 11.8 Å². The van der Waals surface area contributed by atoms with E-state index in [1.807, 2.05) is 7.05 Å². The number of unbranched alkanes of at least 4 members (excludes halogenated alkanes) is 1. The standard InChI is InChI=1S/C16H32N4.HI/c1-14-7-11-20(12-8-14)10-4-3-9-18-16(17-2)19-13-15-5-6-15;/h14-15H,3-13H2,1-2H3,(H2,17,18,19);1H. The molecule has 1 aliphatic carbocycles. The first-order valence-electron chi connectivity index (χ1n) is 8.45. The van der Waals surface area contributed by atoms with Crippen LogP contribution >= 0.6 is 24.0 Å². The van der Waals surface area contributed by atoms with Gasteiger partial charge in [0, 0.05) is 20.1 Å². The van der Waals surface area contributed by atoms with Gasteiger partial charge in [-0.05, 0) is 70.0 Å². The number of hydrogen-bond donors (Lipinski definition) is 2. The van der Waals surface area contributed by atoms with E-state index in [-0.39, 0.29) is 24.0 Å². The first kappa shape index (κ1) is 19.0. The van der Waals surface area contributed by atoms with E-state index in [2.05, 4.69) is 27.4 Å². The summed E-state index contributed by atoms with van der Waals surface area (Å²) < 4.78 is 0. The van der Waals surface area contributed by atoms with Crippen LogP contribution in [0.5, 0.6) is 0 Å². The maximum Gasteiger partial charge on any atom is 0.190 e. The zero-order chi connectivity index (χ0) is 14.2. The molecule has 1 saturated heterocycles. The van der Waals surface area contributed by atoms with Gasteiger partial charge in [0.15, 0.2) is 5.96 Å². The Bertz CT molecular complexity index is 297. The van der Waals surface area contributed by atoms with Crippen molar-refractivity contribution in [3.05, 3.63) is 0 Å². The van der Waals surface area contributed by atoms with Crippen LogP contribution in [0.2, 0.25) is 0 Å². The highest BCUT2D eigenvalue weighted by Crippen LogP contribution is 2.27. The van der Waals surface area contributed by atoms with Crippen molar-refractivity contribution < 1.29 is 0 Å². The molecule has 1 aliphatic heterocycles. The molecule has 0 unspecified atom stereocenters. The predicted molar refractivity (Wildman–Crippen MR) is 102 cm³/mol. The molecule has 0 amide bonds. The van der Waals surface area contributed by atoms with Gasteiger partial charge >= 0.3 is 0 Å². The predicted octanol–water partition coefficient (Wildman–Crippen LogP) is 2.69. The van der Waals surface area contributed by atoms with Crippen LogP contribution in [0.15, 0.2) is 4.99 Å². The van der Waals surface area contributed by atoms with Crippen LogP contribution in [-0.4, -0.2) is 50.6 Å². The highest BCUT2D eigenvalue weighted by molar-refractivity contribution is 14.0. The summed E-state index contributed by atoms with van der Waals surface area (Å²) in [7, 11) is 1.86. The molecule has 0 radical (unpaired) electrons. The molecule has 0 aromatic carbocycles. The van der Waals surface area contributed by atoms with Crippen molar-refractivity contribution >= 4 is 29.9 Å². The van der Waals surface area contributed by atoms with E-state index in [0.29, 0.717) is 0 Å². The van der Waals surface area contributed by atoms with Crippen molar-refractivity contribution in [3.63, 3.8) is 0 Å². The Morgan fingerprint density at radius 2 is 1.81 bits per heavy atom. The molecule has 0 atom stereocenters. The highest BCUT2D eigenvalue weighted by atomic mass is 127. The second-order valence-electron chi connectivity index (χ2n) is 6.55. The van der Waals surface area contributed by atoms with Crippen LogP contribution in [-0.2, 0) is 0 Å². The van der Waals surface area contributed by atoms with Gasteiger partial charge in [-0.1, -0.05) is 6.92 Å². The molecule has 1 saturated carbocycles. The summed E-state index contributed by atoms with van der Waals surface area (Å²) >= 11 is 0. The van der Waals surface area contributed by atoms with E-state index in [4.69, 9.17) is 0 Å². The van der Waals surface area contributed by atoms with Gasteiger partial charge in [0.2, 0.25) is 0 Å². The highest BCUT2D eigenvalue weighted by Gasteiger charge is 2.21. The monoisotopic (exact) mass is 408 g/mol. The van der Waals surface area contributed by atoms with Crippen molar-refractivity contribution in [3.8, 4) is 0 Å². The molecule has 0 spiro atoms. The molecule has 4 nitrogen and oxygen atoms in total. The summed E-state index contributed by atoms with van der Waals surface area (Å²) in [5.41, 5.74) is 0. The molecule has 124 valence electrons. The lowest BCUT2D eigenvalue weighted by Crippen LogP contribution is -2.39. The van der Waals surface area contributed by atoms with E-state index in [1.165, 1.54) is 58.2 Å².